The van der Waals surface area contributed by atoms with Crippen molar-refractivity contribution in [3.63, 3.8) is 0 Å². The maximum absolute atomic E-state index is 13.9. The lowest BCUT2D eigenvalue weighted by Gasteiger charge is -2.05. The summed E-state index contributed by atoms with van der Waals surface area (Å²) < 4.78 is 24.5. The highest BCUT2D eigenvalue weighted by Crippen LogP contribution is 2.31. The van der Waals surface area contributed by atoms with Crippen LogP contribution in [0.1, 0.15) is 19.2 Å². The average Bonchev–Trinajstić information content (AvgIpc) is 2.91. The van der Waals surface area contributed by atoms with E-state index in [9.17, 15) is 4.39 Å². The molecule has 0 aliphatic rings. The smallest absolute Gasteiger partial charge is 0.254 e. The van der Waals surface area contributed by atoms with Crippen LogP contribution >= 0.6 is 0 Å². The van der Waals surface area contributed by atoms with Crippen LogP contribution < -0.4 is 10.1 Å². The fraction of sp³-hybridized carbons (Fsp3) is 0.429. The Morgan fingerprint density at radius 3 is 2.90 bits per heavy atom. The second-order valence-electron chi connectivity index (χ2n) is 4.32. The fourth-order valence-electron chi connectivity index (χ4n) is 1.83. The van der Waals surface area contributed by atoms with Crippen molar-refractivity contribution in [2.24, 2.45) is 0 Å². The maximum Gasteiger partial charge on any atom is 0.254 e. The molecule has 1 heterocycles. The third-order valence-electron chi connectivity index (χ3n) is 2.82. The number of benzene rings is 1. The van der Waals surface area contributed by atoms with Crippen LogP contribution in [0.5, 0.6) is 5.75 Å². The average molecular weight is 279 g/mol. The molecule has 0 atom stereocenters. The van der Waals surface area contributed by atoms with Gasteiger partial charge in [0.15, 0.2) is 0 Å². The first-order valence-electron chi connectivity index (χ1n) is 6.62. The summed E-state index contributed by atoms with van der Waals surface area (Å²) in [5.74, 6) is 0.562. The Bertz CT molecular complexity index is 557. The molecule has 0 saturated heterocycles. The van der Waals surface area contributed by atoms with Gasteiger partial charge in [0.05, 0.1) is 7.11 Å². The fourth-order valence-corrected chi connectivity index (χ4v) is 1.83. The van der Waals surface area contributed by atoms with Gasteiger partial charge in [-0.2, -0.15) is 0 Å². The highest BCUT2D eigenvalue weighted by Gasteiger charge is 2.17. The lowest BCUT2D eigenvalue weighted by Crippen LogP contribution is -2.17. The second kappa shape index (κ2) is 7.00. The molecule has 0 saturated carbocycles. The molecule has 0 unspecified atom stereocenters. The molecule has 2 aromatic rings. The Balaban J connectivity index is 2.12. The summed E-state index contributed by atoms with van der Waals surface area (Å²) >= 11 is 0. The van der Waals surface area contributed by atoms with Crippen molar-refractivity contribution in [2.45, 2.75) is 19.8 Å². The van der Waals surface area contributed by atoms with E-state index in [1.54, 1.807) is 12.1 Å². The summed E-state index contributed by atoms with van der Waals surface area (Å²) in [5.41, 5.74) is 0.204. The molecule has 0 aliphatic carbocycles. The molecule has 108 valence electrons. The van der Waals surface area contributed by atoms with Crippen LogP contribution in [0.25, 0.3) is 11.5 Å². The zero-order valence-corrected chi connectivity index (χ0v) is 11.6. The summed E-state index contributed by atoms with van der Waals surface area (Å²) in [4.78, 5) is 0. The molecule has 5 nitrogen and oxygen atoms in total. The van der Waals surface area contributed by atoms with Crippen molar-refractivity contribution < 1.29 is 13.5 Å². The first-order chi connectivity index (χ1) is 9.76. The van der Waals surface area contributed by atoms with E-state index in [1.807, 2.05) is 0 Å². The molecule has 1 N–H and O–H groups in total. The van der Waals surface area contributed by atoms with Crippen molar-refractivity contribution in [3.05, 3.63) is 29.9 Å². The van der Waals surface area contributed by atoms with Crippen LogP contribution in [-0.2, 0) is 6.42 Å². The number of hydrogen-bond donors (Lipinski definition) is 1. The summed E-state index contributed by atoms with van der Waals surface area (Å²) in [5, 5.41) is 11.1. The van der Waals surface area contributed by atoms with Gasteiger partial charge in [-0.25, -0.2) is 4.39 Å². The second-order valence-corrected chi connectivity index (χ2v) is 4.32. The predicted molar refractivity (Wildman–Crippen MR) is 73.1 cm³/mol. The number of hydrogen-bond acceptors (Lipinski definition) is 5. The SMILES string of the molecule is CCCNCCc1nnc(-c2c(F)cccc2OC)o1. The standard InChI is InChI=1S/C14H18FN3O2/c1-3-8-16-9-7-12-17-18-14(20-12)13-10(15)5-4-6-11(13)19-2/h4-6,16H,3,7-9H2,1-2H3. The minimum atomic E-state index is -0.441. The molecule has 0 amide bonds. The van der Waals surface area contributed by atoms with E-state index in [0.29, 0.717) is 18.1 Å². The van der Waals surface area contributed by atoms with E-state index in [2.05, 4.69) is 22.4 Å². The van der Waals surface area contributed by atoms with Gasteiger partial charge < -0.3 is 14.5 Å². The molecule has 6 heteroatoms. The molecule has 0 fully saturated rings. The molecule has 1 aromatic carbocycles. The zero-order chi connectivity index (χ0) is 14.4. The minimum absolute atomic E-state index is 0.144. The normalized spacial score (nSPS) is 10.8. The Morgan fingerprint density at radius 2 is 2.15 bits per heavy atom. The van der Waals surface area contributed by atoms with Crippen LogP contribution in [0.4, 0.5) is 4.39 Å². The van der Waals surface area contributed by atoms with Crippen LogP contribution in [0, 0.1) is 5.82 Å². The third-order valence-corrected chi connectivity index (χ3v) is 2.82. The van der Waals surface area contributed by atoms with Crippen LogP contribution in [0.15, 0.2) is 22.6 Å². The summed E-state index contributed by atoms with van der Waals surface area (Å²) in [6.07, 6.45) is 1.69. The summed E-state index contributed by atoms with van der Waals surface area (Å²) in [6, 6.07) is 4.57. The lowest BCUT2D eigenvalue weighted by atomic mass is 10.2. The maximum atomic E-state index is 13.9. The van der Waals surface area contributed by atoms with Crippen molar-refractivity contribution in [2.75, 3.05) is 20.2 Å². The number of methoxy groups -OCH3 is 1. The highest BCUT2D eigenvalue weighted by molar-refractivity contribution is 5.63. The number of nitrogens with zero attached hydrogens (tertiary/aromatic N) is 2. The molecule has 0 bridgehead atoms. The molecule has 20 heavy (non-hydrogen) atoms. The highest BCUT2D eigenvalue weighted by atomic mass is 19.1. The van der Waals surface area contributed by atoms with Crippen molar-refractivity contribution >= 4 is 0 Å². The van der Waals surface area contributed by atoms with Crippen molar-refractivity contribution in [1.29, 1.82) is 0 Å². The Kier molecular flexibility index (Phi) is 5.06. The minimum Gasteiger partial charge on any atom is -0.496 e. The third kappa shape index (κ3) is 3.33. The number of halogens is 1. The van der Waals surface area contributed by atoms with Crippen LogP contribution in [0.2, 0.25) is 0 Å². The van der Waals surface area contributed by atoms with Crippen molar-refractivity contribution in [1.82, 2.24) is 15.5 Å². The van der Waals surface area contributed by atoms with Crippen LogP contribution in [-0.4, -0.2) is 30.4 Å². The van der Waals surface area contributed by atoms with Gasteiger partial charge in [-0.1, -0.05) is 13.0 Å². The quantitative estimate of drug-likeness (QED) is 0.789. The lowest BCUT2D eigenvalue weighted by molar-refractivity contribution is 0.409. The number of ether oxygens (including phenoxy) is 1. The largest absolute Gasteiger partial charge is 0.496 e. The molecular formula is C14H18FN3O2. The number of nitrogens with one attached hydrogen (secondary N) is 1. The van der Waals surface area contributed by atoms with Gasteiger partial charge in [-0.05, 0) is 25.1 Å². The van der Waals surface area contributed by atoms with E-state index in [1.165, 1.54) is 13.2 Å². The van der Waals surface area contributed by atoms with E-state index in [-0.39, 0.29) is 11.5 Å². The van der Waals surface area contributed by atoms with Gasteiger partial charge >= 0.3 is 0 Å². The van der Waals surface area contributed by atoms with E-state index in [0.717, 1.165) is 19.5 Å². The van der Waals surface area contributed by atoms with E-state index >= 15 is 0 Å². The summed E-state index contributed by atoms with van der Waals surface area (Å²) in [6.45, 7) is 3.80. The predicted octanol–water partition coefficient (Wildman–Crippen LogP) is 2.43. The van der Waals surface area contributed by atoms with Crippen molar-refractivity contribution in [3.8, 4) is 17.2 Å². The Hall–Kier alpha value is -1.95. The molecule has 0 aliphatic heterocycles. The van der Waals surface area contributed by atoms with Gasteiger partial charge in [-0.3, -0.25) is 0 Å². The Labute approximate surface area is 117 Å². The molecule has 0 radical (unpaired) electrons. The van der Waals surface area contributed by atoms with Gasteiger partial charge in [0, 0.05) is 13.0 Å². The van der Waals surface area contributed by atoms with Crippen LogP contribution in [0.3, 0.4) is 0 Å². The Morgan fingerprint density at radius 1 is 1.30 bits per heavy atom. The molecule has 0 spiro atoms. The summed E-state index contributed by atoms with van der Waals surface area (Å²) in [7, 11) is 1.48. The van der Waals surface area contributed by atoms with Gasteiger partial charge in [0.2, 0.25) is 5.89 Å². The van der Waals surface area contributed by atoms with E-state index in [4.69, 9.17) is 9.15 Å². The van der Waals surface area contributed by atoms with Gasteiger partial charge in [-0.15, -0.1) is 10.2 Å². The molecule has 2 rings (SSSR count). The number of rotatable bonds is 7. The monoisotopic (exact) mass is 279 g/mol. The number of aromatic nitrogens is 2. The van der Waals surface area contributed by atoms with Gasteiger partial charge in [0.25, 0.3) is 5.89 Å². The van der Waals surface area contributed by atoms with E-state index < -0.39 is 5.82 Å². The first kappa shape index (κ1) is 14.5. The molecule has 1 aromatic heterocycles. The first-order valence-corrected chi connectivity index (χ1v) is 6.62. The van der Waals surface area contributed by atoms with Gasteiger partial charge in [0.1, 0.15) is 17.1 Å². The topological polar surface area (TPSA) is 60.2 Å². The zero-order valence-electron chi connectivity index (χ0n) is 11.6. The molecular weight excluding hydrogens is 261 g/mol.